The molecule has 9 heteroatoms. The SMILES string of the molecule is COCCCNC(=O)c1cc2ccc(OC(=O)COc3ccc(Br)cc3)cc2oc1=O. The van der Waals surface area contributed by atoms with Crippen molar-refractivity contribution < 1.29 is 28.2 Å². The first-order valence-electron chi connectivity index (χ1n) is 9.40. The van der Waals surface area contributed by atoms with E-state index in [0.29, 0.717) is 30.7 Å². The molecule has 3 rings (SSSR count). The third kappa shape index (κ3) is 6.40. The molecule has 0 aliphatic carbocycles. The maximum Gasteiger partial charge on any atom is 0.349 e. The lowest BCUT2D eigenvalue weighted by Crippen LogP contribution is -2.29. The molecule has 0 fully saturated rings. The lowest BCUT2D eigenvalue weighted by molar-refractivity contribution is -0.136. The van der Waals surface area contributed by atoms with Crippen LogP contribution in [-0.4, -0.2) is 38.7 Å². The Bertz CT molecular complexity index is 1120. The predicted molar refractivity (Wildman–Crippen MR) is 117 cm³/mol. The predicted octanol–water partition coefficient (Wildman–Crippen LogP) is 3.31. The highest BCUT2D eigenvalue weighted by Gasteiger charge is 2.14. The van der Waals surface area contributed by atoms with Crippen LogP contribution >= 0.6 is 15.9 Å². The van der Waals surface area contributed by atoms with Crippen molar-refractivity contribution in [3.63, 3.8) is 0 Å². The fourth-order valence-electron chi connectivity index (χ4n) is 2.66. The molecule has 0 atom stereocenters. The molecule has 0 saturated heterocycles. The molecule has 0 aliphatic heterocycles. The Labute approximate surface area is 186 Å². The van der Waals surface area contributed by atoms with Crippen molar-refractivity contribution in [3.05, 3.63) is 69.0 Å². The molecule has 0 saturated carbocycles. The first-order chi connectivity index (χ1) is 15.0. The van der Waals surface area contributed by atoms with Crippen LogP contribution in [0.1, 0.15) is 16.8 Å². The van der Waals surface area contributed by atoms with Crippen LogP contribution in [0.15, 0.2) is 62.2 Å². The van der Waals surface area contributed by atoms with Gasteiger partial charge in [-0.2, -0.15) is 0 Å². The van der Waals surface area contributed by atoms with E-state index in [1.165, 1.54) is 12.1 Å². The molecule has 1 N–H and O–H groups in total. The van der Waals surface area contributed by atoms with E-state index in [1.807, 2.05) is 0 Å². The molecule has 8 nitrogen and oxygen atoms in total. The average Bonchev–Trinajstić information content (AvgIpc) is 2.75. The van der Waals surface area contributed by atoms with E-state index < -0.39 is 17.5 Å². The summed E-state index contributed by atoms with van der Waals surface area (Å²) in [6.07, 6.45) is 0.626. The summed E-state index contributed by atoms with van der Waals surface area (Å²) < 4.78 is 21.7. The summed E-state index contributed by atoms with van der Waals surface area (Å²) in [5.41, 5.74) is -0.684. The quantitative estimate of drug-likeness (QED) is 0.213. The minimum absolute atomic E-state index is 0.0995. The Morgan fingerprint density at radius 2 is 1.81 bits per heavy atom. The van der Waals surface area contributed by atoms with Crippen molar-refractivity contribution in [2.24, 2.45) is 0 Å². The molecular weight excluding hydrogens is 470 g/mol. The summed E-state index contributed by atoms with van der Waals surface area (Å²) in [6.45, 7) is 0.593. The summed E-state index contributed by atoms with van der Waals surface area (Å²) in [5, 5.41) is 3.16. The molecule has 0 unspecified atom stereocenters. The summed E-state index contributed by atoms with van der Waals surface area (Å²) >= 11 is 3.32. The molecule has 2 aromatic carbocycles. The molecule has 1 amide bonds. The number of hydrogen-bond acceptors (Lipinski definition) is 7. The Kier molecular flexibility index (Phi) is 7.80. The number of carbonyl (C=O) groups excluding carboxylic acids is 2. The number of amides is 1. The van der Waals surface area contributed by atoms with Gasteiger partial charge in [0.2, 0.25) is 0 Å². The minimum atomic E-state index is -0.779. The van der Waals surface area contributed by atoms with Gasteiger partial charge in [0.25, 0.3) is 5.91 Å². The number of fused-ring (bicyclic) bond motifs is 1. The third-order valence-electron chi connectivity index (χ3n) is 4.16. The van der Waals surface area contributed by atoms with Gasteiger partial charge in [-0.1, -0.05) is 15.9 Å². The van der Waals surface area contributed by atoms with E-state index >= 15 is 0 Å². The van der Waals surface area contributed by atoms with Crippen LogP contribution in [0.25, 0.3) is 11.0 Å². The molecule has 0 spiro atoms. The average molecular weight is 490 g/mol. The number of carbonyl (C=O) groups is 2. The van der Waals surface area contributed by atoms with Gasteiger partial charge in [0.15, 0.2) is 6.61 Å². The van der Waals surface area contributed by atoms with Crippen LogP contribution in [0.4, 0.5) is 0 Å². The normalized spacial score (nSPS) is 10.6. The van der Waals surface area contributed by atoms with Crippen LogP contribution in [-0.2, 0) is 9.53 Å². The highest BCUT2D eigenvalue weighted by molar-refractivity contribution is 9.10. The molecule has 0 aliphatic rings. The fourth-order valence-corrected chi connectivity index (χ4v) is 2.93. The molecule has 0 radical (unpaired) electrons. The number of rotatable bonds is 9. The van der Waals surface area contributed by atoms with Gasteiger partial charge >= 0.3 is 11.6 Å². The Morgan fingerprint density at radius 3 is 2.55 bits per heavy atom. The van der Waals surface area contributed by atoms with E-state index in [4.69, 9.17) is 18.6 Å². The molecule has 3 aromatic rings. The van der Waals surface area contributed by atoms with Gasteiger partial charge in [-0.15, -0.1) is 0 Å². The van der Waals surface area contributed by atoms with Crippen LogP contribution < -0.4 is 20.4 Å². The maximum atomic E-state index is 12.2. The topological polar surface area (TPSA) is 104 Å². The van der Waals surface area contributed by atoms with E-state index in [-0.39, 0.29) is 23.5 Å². The number of hydrogen-bond donors (Lipinski definition) is 1. The summed E-state index contributed by atoms with van der Waals surface area (Å²) in [4.78, 5) is 36.4. The standard InChI is InChI=1S/C22H20BrNO7/c1-28-10-2-9-24-21(26)18-11-14-3-6-17(12-19(14)31-22(18)27)30-20(25)13-29-16-7-4-15(23)5-8-16/h3-8,11-12H,2,9-10,13H2,1H3,(H,24,26). The lowest BCUT2D eigenvalue weighted by atomic mass is 10.1. The van der Waals surface area contributed by atoms with Crippen molar-refractivity contribution >= 4 is 38.8 Å². The van der Waals surface area contributed by atoms with Crippen molar-refractivity contribution in [3.8, 4) is 11.5 Å². The van der Waals surface area contributed by atoms with Gasteiger partial charge in [0, 0.05) is 36.2 Å². The van der Waals surface area contributed by atoms with Crippen LogP contribution in [0.2, 0.25) is 0 Å². The van der Waals surface area contributed by atoms with Crippen LogP contribution in [0, 0.1) is 0 Å². The maximum absolute atomic E-state index is 12.2. The van der Waals surface area contributed by atoms with Crippen LogP contribution in [0.3, 0.4) is 0 Å². The number of nitrogens with one attached hydrogen (secondary N) is 1. The number of esters is 1. The Balaban J connectivity index is 1.64. The number of benzene rings is 2. The number of methoxy groups -OCH3 is 1. The van der Waals surface area contributed by atoms with Gasteiger partial charge in [-0.05, 0) is 48.9 Å². The molecular formula is C22H20BrNO7. The largest absolute Gasteiger partial charge is 0.482 e. The van der Waals surface area contributed by atoms with Gasteiger partial charge in [-0.3, -0.25) is 4.79 Å². The Morgan fingerprint density at radius 1 is 1.06 bits per heavy atom. The van der Waals surface area contributed by atoms with E-state index in [0.717, 1.165) is 4.47 Å². The van der Waals surface area contributed by atoms with Gasteiger partial charge in [0.1, 0.15) is 22.6 Å². The Hall–Kier alpha value is -3.17. The minimum Gasteiger partial charge on any atom is -0.482 e. The summed E-state index contributed by atoms with van der Waals surface area (Å²) in [7, 11) is 1.57. The second-order valence-corrected chi connectivity index (χ2v) is 7.38. The zero-order valence-electron chi connectivity index (χ0n) is 16.7. The number of ether oxygens (including phenoxy) is 3. The highest BCUT2D eigenvalue weighted by Crippen LogP contribution is 2.21. The molecule has 162 valence electrons. The van der Waals surface area contributed by atoms with Crippen LogP contribution in [0.5, 0.6) is 11.5 Å². The second kappa shape index (κ2) is 10.7. The van der Waals surface area contributed by atoms with E-state index in [1.54, 1.807) is 43.5 Å². The molecule has 1 aromatic heterocycles. The number of halogens is 1. The van der Waals surface area contributed by atoms with Gasteiger partial charge < -0.3 is 23.9 Å². The monoisotopic (exact) mass is 489 g/mol. The zero-order chi connectivity index (χ0) is 22.2. The van der Waals surface area contributed by atoms with E-state index in [2.05, 4.69) is 21.2 Å². The van der Waals surface area contributed by atoms with Crippen molar-refractivity contribution in [2.45, 2.75) is 6.42 Å². The lowest BCUT2D eigenvalue weighted by Gasteiger charge is -2.08. The zero-order valence-corrected chi connectivity index (χ0v) is 18.3. The molecule has 0 bridgehead atoms. The summed E-state index contributed by atoms with van der Waals surface area (Å²) in [6, 6.07) is 13.0. The van der Waals surface area contributed by atoms with Gasteiger partial charge in [-0.25, -0.2) is 9.59 Å². The molecule has 1 heterocycles. The third-order valence-corrected chi connectivity index (χ3v) is 4.69. The van der Waals surface area contributed by atoms with E-state index in [9.17, 15) is 14.4 Å². The van der Waals surface area contributed by atoms with Crippen molar-refractivity contribution in [1.29, 1.82) is 0 Å². The molecule has 31 heavy (non-hydrogen) atoms. The fraction of sp³-hybridized carbons (Fsp3) is 0.227. The van der Waals surface area contributed by atoms with Crippen molar-refractivity contribution in [1.82, 2.24) is 5.32 Å². The van der Waals surface area contributed by atoms with Gasteiger partial charge in [0.05, 0.1) is 0 Å². The van der Waals surface area contributed by atoms with Crippen molar-refractivity contribution in [2.75, 3.05) is 26.9 Å². The first kappa shape index (κ1) is 22.5. The summed E-state index contributed by atoms with van der Waals surface area (Å²) in [5.74, 6) is -0.418. The highest BCUT2D eigenvalue weighted by atomic mass is 79.9. The second-order valence-electron chi connectivity index (χ2n) is 6.47. The first-order valence-corrected chi connectivity index (χ1v) is 10.2. The smallest absolute Gasteiger partial charge is 0.349 e.